The molecule has 1 aliphatic rings. The topological polar surface area (TPSA) is 33.2 Å². The van der Waals surface area contributed by atoms with Crippen molar-refractivity contribution in [3.05, 3.63) is 30.1 Å². The second-order valence-corrected chi connectivity index (χ2v) is 4.53. The van der Waals surface area contributed by atoms with Crippen molar-refractivity contribution >= 4 is 5.78 Å². The molecule has 1 atom stereocenters. The van der Waals surface area contributed by atoms with E-state index in [-0.39, 0.29) is 5.78 Å². The molecule has 0 saturated carbocycles. The van der Waals surface area contributed by atoms with Crippen LogP contribution in [0.4, 0.5) is 0 Å². The number of rotatable bonds is 3. The molecule has 0 aromatic carbocycles. The van der Waals surface area contributed by atoms with Crippen LogP contribution in [0.1, 0.15) is 31.4 Å². The van der Waals surface area contributed by atoms with Gasteiger partial charge in [-0.1, -0.05) is 6.07 Å². The van der Waals surface area contributed by atoms with Gasteiger partial charge in [0.1, 0.15) is 5.78 Å². The van der Waals surface area contributed by atoms with Gasteiger partial charge in [-0.3, -0.25) is 14.7 Å². The number of hydrogen-bond donors (Lipinski definition) is 0. The molecule has 3 heteroatoms. The van der Waals surface area contributed by atoms with Crippen molar-refractivity contribution in [2.24, 2.45) is 0 Å². The van der Waals surface area contributed by atoms with E-state index in [1.807, 2.05) is 18.3 Å². The first-order valence-corrected chi connectivity index (χ1v) is 5.88. The van der Waals surface area contributed by atoms with E-state index in [1.165, 1.54) is 6.42 Å². The number of carbonyl (C=O) groups excluding carboxylic acids is 1. The first-order chi connectivity index (χ1) is 7.75. The molecule has 0 amide bonds. The van der Waals surface area contributed by atoms with Crippen molar-refractivity contribution in [2.75, 3.05) is 19.6 Å². The monoisotopic (exact) mass is 218 g/mol. The van der Waals surface area contributed by atoms with E-state index in [2.05, 4.69) is 16.0 Å². The molecule has 0 radical (unpaired) electrons. The van der Waals surface area contributed by atoms with E-state index in [0.29, 0.717) is 12.5 Å². The van der Waals surface area contributed by atoms with Gasteiger partial charge in [0, 0.05) is 24.4 Å². The van der Waals surface area contributed by atoms with Crippen LogP contribution in [0.15, 0.2) is 24.4 Å². The van der Waals surface area contributed by atoms with Crippen LogP contribution in [0.2, 0.25) is 0 Å². The predicted octanol–water partition coefficient (Wildman–Crippen LogP) is 1.85. The lowest BCUT2D eigenvalue weighted by molar-refractivity contribution is -0.118. The third-order valence-corrected chi connectivity index (χ3v) is 3.06. The summed E-state index contributed by atoms with van der Waals surface area (Å²) >= 11 is 0. The Hall–Kier alpha value is -1.22. The second kappa shape index (κ2) is 5.21. The largest absolute Gasteiger partial charge is 0.299 e. The minimum Gasteiger partial charge on any atom is -0.299 e. The molecule has 3 nitrogen and oxygen atoms in total. The summed E-state index contributed by atoms with van der Waals surface area (Å²) in [6.45, 7) is 4.26. The summed E-state index contributed by atoms with van der Waals surface area (Å²) in [6, 6.07) is 6.06. The Bertz CT molecular complexity index is 350. The summed E-state index contributed by atoms with van der Waals surface area (Å²) in [5.74, 6) is 0.746. The molecule has 1 saturated heterocycles. The Morgan fingerprint density at radius 1 is 1.56 bits per heavy atom. The lowest BCUT2D eigenvalue weighted by Gasteiger charge is -2.31. The maximum atomic E-state index is 11.1. The fourth-order valence-electron chi connectivity index (χ4n) is 2.37. The van der Waals surface area contributed by atoms with E-state index in [1.54, 1.807) is 6.92 Å². The number of piperidine rings is 1. The molecule has 0 aliphatic carbocycles. The van der Waals surface area contributed by atoms with Gasteiger partial charge in [0.05, 0.1) is 6.54 Å². The van der Waals surface area contributed by atoms with Gasteiger partial charge in [-0.2, -0.15) is 0 Å². The smallest absolute Gasteiger partial charge is 0.143 e. The molecule has 0 bridgehead atoms. The standard InChI is InChI=1S/C13H18N2O/c1-11(16)9-15-8-4-5-12(10-15)13-6-2-3-7-14-13/h2-3,6-7,12H,4-5,8-10H2,1H3. The molecule has 16 heavy (non-hydrogen) atoms. The van der Waals surface area contributed by atoms with Crippen LogP contribution in [0.25, 0.3) is 0 Å². The molecule has 1 aliphatic heterocycles. The molecular formula is C13H18N2O. The van der Waals surface area contributed by atoms with Crippen molar-refractivity contribution < 1.29 is 4.79 Å². The van der Waals surface area contributed by atoms with Crippen molar-refractivity contribution in [1.29, 1.82) is 0 Å². The first kappa shape index (κ1) is 11.3. The number of ketones is 1. The number of carbonyl (C=O) groups is 1. The van der Waals surface area contributed by atoms with Gasteiger partial charge in [-0.05, 0) is 38.4 Å². The number of Topliss-reactive ketones (excluding diaryl/α,β-unsaturated/α-hetero) is 1. The number of nitrogens with zero attached hydrogens (tertiary/aromatic N) is 2. The average molecular weight is 218 g/mol. The highest BCUT2D eigenvalue weighted by Crippen LogP contribution is 2.24. The van der Waals surface area contributed by atoms with Gasteiger partial charge < -0.3 is 0 Å². The number of pyridine rings is 1. The molecule has 2 heterocycles. The molecule has 1 aromatic heterocycles. The molecule has 1 aromatic rings. The van der Waals surface area contributed by atoms with Gasteiger partial charge in [-0.15, -0.1) is 0 Å². The number of hydrogen-bond acceptors (Lipinski definition) is 3. The van der Waals surface area contributed by atoms with Crippen LogP contribution in [0, 0.1) is 0 Å². The molecule has 1 unspecified atom stereocenters. The van der Waals surface area contributed by atoms with E-state index in [9.17, 15) is 4.79 Å². The Labute approximate surface area is 96.5 Å². The third-order valence-electron chi connectivity index (χ3n) is 3.06. The SMILES string of the molecule is CC(=O)CN1CCCC(c2ccccn2)C1. The van der Waals surface area contributed by atoms with Gasteiger partial charge in [0.25, 0.3) is 0 Å². The molecule has 86 valence electrons. The lowest BCUT2D eigenvalue weighted by atomic mass is 9.94. The average Bonchev–Trinajstić information content (AvgIpc) is 2.30. The molecular weight excluding hydrogens is 200 g/mol. The Morgan fingerprint density at radius 2 is 2.44 bits per heavy atom. The van der Waals surface area contributed by atoms with Crippen LogP contribution in [0.3, 0.4) is 0 Å². The molecule has 1 fully saturated rings. The highest BCUT2D eigenvalue weighted by molar-refractivity contribution is 5.77. The molecule has 0 spiro atoms. The van der Waals surface area contributed by atoms with E-state index >= 15 is 0 Å². The second-order valence-electron chi connectivity index (χ2n) is 4.53. The van der Waals surface area contributed by atoms with E-state index < -0.39 is 0 Å². The number of likely N-dealkylation sites (tertiary alicyclic amines) is 1. The van der Waals surface area contributed by atoms with Gasteiger partial charge in [-0.25, -0.2) is 0 Å². The minimum atomic E-state index is 0.252. The highest BCUT2D eigenvalue weighted by atomic mass is 16.1. The van der Waals surface area contributed by atoms with Crippen LogP contribution >= 0.6 is 0 Å². The number of aromatic nitrogens is 1. The van der Waals surface area contributed by atoms with Gasteiger partial charge >= 0.3 is 0 Å². The van der Waals surface area contributed by atoms with Crippen molar-refractivity contribution in [1.82, 2.24) is 9.88 Å². The van der Waals surface area contributed by atoms with Crippen LogP contribution < -0.4 is 0 Å². The van der Waals surface area contributed by atoms with Crippen molar-refractivity contribution in [3.63, 3.8) is 0 Å². The highest BCUT2D eigenvalue weighted by Gasteiger charge is 2.22. The zero-order valence-electron chi connectivity index (χ0n) is 9.72. The molecule has 0 N–H and O–H groups in total. The third kappa shape index (κ3) is 2.89. The van der Waals surface area contributed by atoms with Gasteiger partial charge in [0.2, 0.25) is 0 Å². The maximum absolute atomic E-state index is 11.1. The fraction of sp³-hybridized carbons (Fsp3) is 0.538. The quantitative estimate of drug-likeness (QED) is 0.776. The normalized spacial score (nSPS) is 21.9. The Morgan fingerprint density at radius 3 is 3.12 bits per heavy atom. The zero-order valence-corrected chi connectivity index (χ0v) is 9.72. The fourth-order valence-corrected chi connectivity index (χ4v) is 2.37. The summed E-state index contributed by atoms with van der Waals surface area (Å²) in [6.07, 6.45) is 4.19. The summed E-state index contributed by atoms with van der Waals surface area (Å²) in [4.78, 5) is 17.7. The van der Waals surface area contributed by atoms with Gasteiger partial charge in [0.15, 0.2) is 0 Å². The summed E-state index contributed by atoms with van der Waals surface area (Å²) in [7, 11) is 0. The zero-order chi connectivity index (χ0) is 11.4. The minimum absolute atomic E-state index is 0.252. The van der Waals surface area contributed by atoms with Crippen molar-refractivity contribution in [3.8, 4) is 0 Å². The van der Waals surface area contributed by atoms with Crippen LogP contribution in [0.5, 0.6) is 0 Å². The Kier molecular flexibility index (Phi) is 3.67. The Balaban J connectivity index is 1.99. The van der Waals surface area contributed by atoms with E-state index in [0.717, 1.165) is 25.2 Å². The summed E-state index contributed by atoms with van der Waals surface area (Å²) in [5, 5.41) is 0. The summed E-state index contributed by atoms with van der Waals surface area (Å²) in [5.41, 5.74) is 1.16. The van der Waals surface area contributed by atoms with Crippen LogP contribution in [-0.4, -0.2) is 35.3 Å². The lowest BCUT2D eigenvalue weighted by Crippen LogP contribution is -2.37. The van der Waals surface area contributed by atoms with E-state index in [4.69, 9.17) is 0 Å². The summed E-state index contributed by atoms with van der Waals surface area (Å²) < 4.78 is 0. The van der Waals surface area contributed by atoms with Crippen molar-refractivity contribution in [2.45, 2.75) is 25.7 Å². The predicted molar refractivity (Wildman–Crippen MR) is 63.3 cm³/mol. The maximum Gasteiger partial charge on any atom is 0.143 e. The van der Waals surface area contributed by atoms with Crippen LogP contribution in [-0.2, 0) is 4.79 Å². The first-order valence-electron chi connectivity index (χ1n) is 5.88. The molecule has 2 rings (SSSR count).